The van der Waals surface area contributed by atoms with Crippen LogP contribution in [-0.4, -0.2) is 22.7 Å². The lowest BCUT2D eigenvalue weighted by atomic mass is 10.1. The number of allylic oxidation sites excluding steroid dienone is 1. The molecule has 0 spiro atoms. The standard InChI is InChI=1S/C21H21N3O2/c1-4-25-20-12-15(9-10-19(20)26-14(2)3)11-16(13-22)21-23-17-7-5-6-8-18(17)24-21/h5-12,14H,4H2,1-3H3,(H,23,24). The van der Waals surface area contributed by atoms with Crippen LogP contribution in [0.15, 0.2) is 42.5 Å². The van der Waals surface area contributed by atoms with E-state index in [2.05, 4.69) is 16.0 Å². The smallest absolute Gasteiger partial charge is 0.161 e. The molecule has 0 radical (unpaired) electrons. The molecular formula is C21H21N3O2. The van der Waals surface area contributed by atoms with Crippen LogP contribution in [0, 0.1) is 11.3 Å². The zero-order valence-electron chi connectivity index (χ0n) is 15.1. The summed E-state index contributed by atoms with van der Waals surface area (Å²) in [4.78, 5) is 7.68. The van der Waals surface area contributed by atoms with Crippen LogP contribution in [0.5, 0.6) is 11.5 Å². The fraction of sp³-hybridized carbons (Fsp3) is 0.238. The van der Waals surface area contributed by atoms with Crippen LogP contribution in [0.2, 0.25) is 0 Å². The topological polar surface area (TPSA) is 70.9 Å². The summed E-state index contributed by atoms with van der Waals surface area (Å²) in [5.74, 6) is 1.91. The number of ether oxygens (including phenoxy) is 2. The lowest BCUT2D eigenvalue weighted by Crippen LogP contribution is -2.07. The van der Waals surface area contributed by atoms with E-state index in [0.717, 1.165) is 16.6 Å². The first-order valence-electron chi connectivity index (χ1n) is 8.61. The van der Waals surface area contributed by atoms with E-state index in [1.807, 2.05) is 63.2 Å². The molecule has 0 atom stereocenters. The summed E-state index contributed by atoms with van der Waals surface area (Å²) in [6.07, 6.45) is 1.85. The van der Waals surface area contributed by atoms with Crippen molar-refractivity contribution in [2.75, 3.05) is 6.61 Å². The third-order valence-electron chi connectivity index (χ3n) is 3.71. The Kier molecular flexibility index (Phi) is 5.23. The van der Waals surface area contributed by atoms with E-state index in [4.69, 9.17) is 9.47 Å². The number of nitrogens with zero attached hydrogens (tertiary/aromatic N) is 2. The highest BCUT2D eigenvalue weighted by molar-refractivity contribution is 5.90. The quantitative estimate of drug-likeness (QED) is 0.649. The first-order valence-corrected chi connectivity index (χ1v) is 8.61. The summed E-state index contributed by atoms with van der Waals surface area (Å²) in [5, 5.41) is 9.58. The van der Waals surface area contributed by atoms with E-state index in [1.54, 1.807) is 6.08 Å². The Hall–Kier alpha value is -3.26. The van der Waals surface area contributed by atoms with E-state index in [-0.39, 0.29) is 6.10 Å². The number of H-pyrrole nitrogens is 1. The van der Waals surface area contributed by atoms with Crippen molar-refractivity contribution in [2.45, 2.75) is 26.9 Å². The van der Waals surface area contributed by atoms with Gasteiger partial charge >= 0.3 is 0 Å². The second-order valence-corrected chi connectivity index (χ2v) is 6.08. The van der Waals surface area contributed by atoms with Gasteiger partial charge in [0, 0.05) is 0 Å². The largest absolute Gasteiger partial charge is 0.490 e. The predicted octanol–water partition coefficient (Wildman–Crippen LogP) is 4.81. The van der Waals surface area contributed by atoms with Gasteiger partial charge in [0.25, 0.3) is 0 Å². The lowest BCUT2D eigenvalue weighted by Gasteiger charge is -2.15. The molecule has 5 nitrogen and oxygen atoms in total. The molecule has 5 heteroatoms. The fourth-order valence-corrected chi connectivity index (χ4v) is 2.63. The molecule has 0 aliphatic heterocycles. The van der Waals surface area contributed by atoms with Gasteiger partial charge in [-0.1, -0.05) is 18.2 Å². The first kappa shape index (κ1) is 17.6. The van der Waals surface area contributed by atoms with Crippen molar-refractivity contribution in [1.82, 2.24) is 9.97 Å². The van der Waals surface area contributed by atoms with Crippen molar-refractivity contribution in [3.8, 4) is 17.6 Å². The third-order valence-corrected chi connectivity index (χ3v) is 3.71. The number of rotatable bonds is 6. The molecule has 0 bridgehead atoms. The molecule has 3 rings (SSSR count). The number of nitrogens with one attached hydrogen (secondary N) is 1. The van der Waals surface area contributed by atoms with Crippen LogP contribution in [-0.2, 0) is 0 Å². The number of aromatic nitrogens is 2. The van der Waals surface area contributed by atoms with Crippen molar-refractivity contribution < 1.29 is 9.47 Å². The molecule has 1 N–H and O–H groups in total. The molecular weight excluding hydrogens is 326 g/mol. The van der Waals surface area contributed by atoms with Gasteiger partial charge in [0.1, 0.15) is 11.9 Å². The fourth-order valence-electron chi connectivity index (χ4n) is 2.63. The molecule has 1 heterocycles. The maximum absolute atomic E-state index is 9.58. The SMILES string of the molecule is CCOc1cc(C=C(C#N)c2nc3ccccc3[nH]2)ccc1OC(C)C. The van der Waals surface area contributed by atoms with Crippen molar-refractivity contribution in [3.05, 3.63) is 53.9 Å². The first-order chi connectivity index (χ1) is 12.6. The summed E-state index contributed by atoms with van der Waals surface area (Å²) < 4.78 is 11.5. The highest BCUT2D eigenvalue weighted by atomic mass is 16.5. The van der Waals surface area contributed by atoms with Gasteiger partial charge in [0.05, 0.1) is 29.3 Å². The average molecular weight is 347 g/mol. The van der Waals surface area contributed by atoms with Crippen LogP contribution >= 0.6 is 0 Å². The number of hydrogen-bond acceptors (Lipinski definition) is 4. The maximum Gasteiger partial charge on any atom is 0.161 e. The Bertz CT molecular complexity index is 947. The molecule has 0 aliphatic rings. The Morgan fingerprint density at radius 1 is 1.23 bits per heavy atom. The second kappa shape index (κ2) is 7.75. The molecule has 0 amide bonds. The number of para-hydroxylation sites is 2. The zero-order chi connectivity index (χ0) is 18.5. The Morgan fingerprint density at radius 2 is 2.04 bits per heavy atom. The van der Waals surface area contributed by atoms with Gasteiger partial charge in [-0.2, -0.15) is 5.26 Å². The van der Waals surface area contributed by atoms with Gasteiger partial charge in [-0.25, -0.2) is 4.98 Å². The monoisotopic (exact) mass is 347 g/mol. The molecule has 0 unspecified atom stereocenters. The molecule has 132 valence electrons. The molecule has 2 aromatic carbocycles. The summed E-state index contributed by atoms with van der Waals surface area (Å²) in [6.45, 7) is 6.41. The number of fused-ring (bicyclic) bond motifs is 1. The second-order valence-electron chi connectivity index (χ2n) is 6.08. The summed E-state index contributed by atoms with van der Waals surface area (Å²) in [5.41, 5.74) is 3.04. The number of nitriles is 1. The van der Waals surface area contributed by atoms with Crippen LogP contribution in [0.4, 0.5) is 0 Å². The van der Waals surface area contributed by atoms with Crippen molar-refractivity contribution >= 4 is 22.7 Å². The van der Waals surface area contributed by atoms with Crippen LogP contribution in [0.25, 0.3) is 22.7 Å². The summed E-state index contributed by atoms with van der Waals surface area (Å²) >= 11 is 0. The number of hydrogen-bond donors (Lipinski definition) is 1. The molecule has 0 fully saturated rings. The van der Waals surface area contributed by atoms with E-state index in [1.165, 1.54) is 0 Å². The lowest BCUT2D eigenvalue weighted by molar-refractivity contribution is 0.224. The Balaban J connectivity index is 1.98. The van der Waals surface area contributed by atoms with Crippen LogP contribution in [0.1, 0.15) is 32.2 Å². The molecule has 26 heavy (non-hydrogen) atoms. The number of benzene rings is 2. The van der Waals surface area contributed by atoms with Crippen molar-refractivity contribution in [1.29, 1.82) is 5.26 Å². The minimum absolute atomic E-state index is 0.0563. The highest BCUT2D eigenvalue weighted by Crippen LogP contribution is 2.31. The molecule has 1 aromatic heterocycles. The number of aromatic amines is 1. The zero-order valence-corrected chi connectivity index (χ0v) is 15.1. The molecule has 0 saturated carbocycles. The van der Waals surface area contributed by atoms with Gasteiger partial charge in [0.15, 0.2) is 11.5 Å². The van der Waals surface area contributed by atoms with Crippen LogP contribution < -0.4 is 9.47 Å². The van der Waals surface area contributed by atoms with Gasteiger partial charge in [-0.05, 0) is 56.7 Å². The predicted molar refractivity (Wildman–Crippen MR) is 103 cm³/mol. The molecule has 0 aliphatic carbocycles. The number of imidazole rings is 1. The van der Waals surface area contributed by atoms with Crippen molar-refractivity contribution in [2.24, 2.45) is 0 Å². The van der Waals surface area contributed by atoms with Gasteiger partial charge in [0.2, 0.25) is 0 Å². The van der Waals surface area contributed by atoms with E-state index in [9.17, 15) is 5.26 Å². The Morgan fingerprint density at radius 3 is 2.73 bits per heavy atom. The normalized spacial score (nSPS) is 11.6. The minimum Gasteiger partial charge on any atom is -0.490 e. The minimum atomic E-state index is 0.0563. The van der Waals surface area contributed by atoms with E-state index in [0.29, 0.717) is 29.5 Å². The van der Waals surface area contributed by atoms with Crippen molar-refractivity contribution in [3.63, 3.8) is 0 Å². The highest BCUT2D eigenvalue weighted by Gasteiger charge is 2.11. The molecule has 3 aromatic rings. The van der Waals surface area contributed by atoms with Crippen LogP contribution in [0.3, 0.4) is 0 Å². The maximum atomic E-state index is 9.58. The summed E-state index contributed by atoms with van der Waals surface area (Å²) in [6, 6.07) is 15.6. The Labute approximate surface area is 152 Å². The summed E-state index contributed by atoms with van der Waals surface area (Å²) in [7, 11) is 0. The third kappa shape index (κ3) is 3.86. The molecule has 0 saturated heterocycles. The van der Waals surface area contributed by atoms with Gasteiger partial charge in [-0.3, -0.25) is 0 Å². The average Bonchev–Trinajstić information content (AvgIpc) is 3.05. The van der Waals surface area contributed by atoms with Gasteiger partial charge in [-0.15, -0.1) is 0 Å². The van der Waals surface area contributed by atoms with Gasteiger partial charge < -0.3 is 14.5 Å². The van der Waals surface area contributed by atoms with E-state index >= 15 is 0 Å². The van der Waals surface area contributed by atoms with E-state index < -0.39 is 0 Å².